The van der Waals surface area contributed by atoms with Crippen molar-refractivity contribution in [2.45, 2.75) is 6.54 Å². The largest absolute Gasteiger partial charge is 0.493 e. The van der Waals surface area contributed by atoms with Crippen molar-refractivity contribution in [3.63, 3.8) is 0 Å². The van der Waals surface area contributed by atoms with Gasteiger partial charge in [0.1, 0.15) is 0 Å². The second kappa shape index (κ2) is 8.85. The van der Waals surface area contributed by atoms with E-state index in [1.807, 2.05) is 37.5 Å². The SMILES string of the molecule is COc1ccc(/C=C/C(=O)NCc2ccc(-c3cnn(C)c3)nc2)cc1OC. The molecule has 0 aliphatic carbocycles. The Morgan fingerprint density at radius 2 is 1.96 bits per heavy atom. The topological polar surface area (TPSA) is 78.3 Å². The highest BCUT2D eigenvalue weighted by atomic mass is 16.5. The summed E-state index contributed by atoms with van der Waals surface area (Å²) in [5, 5.41) is 6.98. The van der Waals surface area contributed by atoms with Crippen LogP contribution in [0.2, 0.25) is 0 Å². The number of carbonyl (C=O) groups excluding carboxylic acids is 1. The lowest BCUT2D eigenvalue weighted by atomic mass is 10.2. The van der Waals surface area contributed by atoms with E-state index in [9.17, 15) is 4.79 Å². The zero-order valence-corrected chi connectivity index (χ0v) is 16.0. The summed E-state index contributed by atoms with van der Waals surface area (Å²) in [5.41, 5.74) is 3.56. The first-order valence-electron chi connectivity index (χ1n) is 8.71. The van der Waals surface area contributed by atoms with Gasteiger partial charge in [0.05, 0.1) is 26.1 Å². The van der Waals surface area contributed by atoms with E-state index in [-0.39, 0.29) is 5.91 Å². The smallest absolute Gasteiger partial charge is 0.244 e. The van der Waals surface area contributed by atoms with Crippen LogP contribution in [0.5, 0.6) is 11.5 Å². The Morgan fingerprint density at radius 3 is 2.61 bits per heavy atom. The minimum atomic E-state index is -0.189. The lowest BCUT2D eigenvalue weighted by molar-refractivity contribution is -0.116. The molecule has 28 heavy (non-hydrogen) atoms. The van der Waals surface area contributed by atoms with Crippen LogP contribution in [-0.2, 0) is 18.4 Å². The van der Waals surface area contributed by atoms with Crippen molar-refractivity contribution >= 4 is 12.0 Å². The summed E-state index contributed by atoms with van der Waals surface area (Å²) in [7, 11) is 5.02. The number of pyridine rings is 1. The summed E-state index contributed by atoms with van der Waals surface area (Å²) in [4.78, 5) is 16.5. The molecule has 0 radical (unpaired) electrons. The molecular formula is C21H22N4O3. The molecule has 3 rings (SSSR count). The van der Waals surface area contributed by atoms with E-state index in [1.165, 1.54) is 6.08 Å². The van der Waals surface area contributed by atoms with Gasteiger partial charge in [-0.05, 0) is 35.4 Å². The van der Waals surface area contributed by atoms with Crippen molar-refractivity contribution in [3.05, 3.63) is 66.1 Å². The number of ether oxygens (including phenoxy) is 2. The van der Waals surface area contributed by atoms with Gasteiger partial charge in [-0.3, -0.25) is 14.5 Å². The van der Waals surface area contributed by atoms with Gasteiger partial charge in [-0.25, -0.2) is 0 Å². The summed E-state index contributed by atoms with van der Waals surface area (Å²) >= 11 is 0. The first kappa shape index (κ1) is 19.2. The molecule has 1 N–H and O–H groups in total. The van der Waals surface area contributed by atoms with Gasteiger partial charge in [-0.15, -0.1) is 0 Å². The molecule has 0 saturated heterocycles. The second-order valence-corrected chi connectivity index (χ2v) is 6.12. The van der Waals surface area contributed by atoms with E-state index >= 15 is 0 Å². The number of hydrogen-bond donors (Lipinski definition) is 1. The maximum atomic E-state index is 12.1. The number of carbonyl (C=O) groups is 1. The first-order valence-corrected chi connectivity index (χ1v) is 8.71. The average Bonchev–Trinajstić information content (AvgIpc) is 3.17. The molecule has 0 aliphatic heterocycles. The predicted octanol–water partition coefficient (Wildman–Crippen LogP) is 2.83. The van der Waals surface area contributed by atoms with E-state index in [0.717, 1.165) is 22.4 Å². The van der Waals surface area contributed by atoms with Crippen molar-refractivity contribution in [2.24, 2.45) is 7.05 Å². The van der Waals surface area contributed by atoms with Crippen LogP contribution in [0, 0.1) is 0 Å². The van der Waals surface area contributed by atoms with Crippen LogP contribution >= 0.6 is 0 Å². The van der Waals surface area contributed by atoms with Gasteiger partial charge in [0, 0.05) is 37.6 Å². The number of amides is 1. The lowest BCUT2D eigenvalue weighted by Gasteiger charge is -2.07. The molecule has 0 unspecified atom stereocenters. The molecule has 0 bridgehead atoms. The number of methoxy groups -OCH3 is 2. The highest BCUT2D eigenvalue weighted by Gasteiger charge is 2.04. The summed E-state index contributed by atoms with van der Waals surface area (Å²) in [6.45, 7) is 0.398. The quantitative estimate of drug-likeness (QED) is 0.640. The van der Waals surface area contributed by atoms with Gasteiger partial charge in [-0.2, -0.15) is 5.10 Å². The fourth-order valence-electron chi connectivity index (χ4n) is 2.63. The third kappa shape index (κ3) is 4.76. The highest BCUT2D eigenvalue weighted by Crippen LogP contribution is 2.27. The van der Waals surface area contributed by atoms with Gasteiger partial charge in [0.15, 0.2) is 11.5 Å². The predicted molar refractivity (Wildman–Crippen MR) is 107 cm³/mol. The van der Waals surface area contributed by atoms with Crippen LogP contribution in [0.1, 0.15) is 11.1 Å². The molecule has 1 aromatic carbocycles. The molecule has 144 valence electrons. The Morgan fingerprint density at radius 1 is 1.14 bits per heavy atom. The van der Waals surface area contributed by atoms with Crippen molar-refractivity contribution in [3.8, 4) is 22.8 Å². The number of aryl methyl sites for hydroxylation is 1. The molecule has 0 fully saturated rings. The average molecular weight is 378 g/mol. The zero-order chi connectivity index (χ0) is 19.9. The Labute approximate surface area is 163 Å². The monoisotopic (exact) mass is 378 g/mol. The number of rotatable bonds is 7. The maximum Gasteiger partial charge on any atom is 0.244 e. The minimum Gasteiger partial charge on any atom is -0.493 e. The molecule has 0 atom stereocenters. The first-order chi connectivity index (χ1) is 13.6. The molecule has 1 amide bonds. The molecule has 2 heterocycles. The Kier molecular flexibility index (Phi) is 6.06. The van der Waals surface area contributed by atoms with Gasteiger partial charge in [0.25, 0.3) is 0 Å². The van der Waals surface area contributed by atoms with Gasteiger partial charge >= 0.3 is 0 Å². The van der Waals surface area contributed by atoms with Gasteiger partial charge < -0.3 is 14.8 Å². The minimum absolute atomic E-state index is 0.189. The van der Waals surface area contributed by atoms with E-state index in [1.54, 1.807) is 43.4 Å². The van der Waals surface area contributed by atoms with Crippen molar-refractivity contribution < 1.29 is 14.3 Å². The van der Waals surface area contributed by atoms with Gasteiger partial charge in [0.2, 0.25) is 5.91 Å². The van der Waals surface area contributed by atoms with Crippen LogP contribution in [0.15, 0.2) is 55.0 Å². The Hall–Kier alpha value is -3.61. The maximum absolute atomic E-state index is 12.1. The molecule has 7 heteroatoms. The normalized spacial score (nSPS) is 10.8. The zero-order valence-electron chi connectivity index (χ0n) is 16.0. The fraction of sp³-hybridized carbons (Fsp3) is 0.190. The van der Waals surface area contributed by atoms with E-state index < -0.39 is 0 Å². The Bertz CT molecular complexity index is 978. The third-order valence-corrected chi connectivity index (χ3v) is 4.13. The van der Waals surface area contributed by atoms with Crippen LogP contribution in [-0.4, -0.2) is 34.9 Å². The second-order valence-electron chi connectivity index (χ2n) is 6.12. The molecule has 0 spiro atoms. The lowest BCUT2D eigenvalue weighted by Crippen LogP contribution is -2.20. The highest BCUT2D eigenvalue weighted by molar-refractivity contribution is 5.91. The van der Waals surface area contributed by atoms with E-state index in [4.69, 9.17) is 9.47 Å². The van der Waals surface area contributed by atoms with Crippen molar-refractivity contribution in [1.82, 2.24) is 20.1 Å². The number of hydrogen-bond acceptors (Lipinski definition) is 5. The molecular weight excluding hydrogens is 356 g/mol. The van der Waals surface area contributed by atoms with Crippen LogP contribution in [0.4, 0.5) is 0 Å². The number of nitrogens with one attached hydrogen (secondary N) is 1. The van der Waals surface area contributed by atoms with Gasteiger partial charge in [-0.1, -0.05) is 12.1 Å². The fourth-order valence-corrected chi connectivity index (χ4v) is 2.63. The molecule has 2 aromatic heterocycles. The summed E-state index contributed by atoms with van der Waals surface area (Å²) < 4.78 is 12.2. The summed E-state index contributed by atoms with van der Waals surface area (Å²) in [6, 6.07) is 9.31. The number of benzene rings is 1. The van der Waals surface area contributed by atoms with Crippen LogP contribution < -0.4 is 14.8 Å². The van der Waals surface area contributed by atoms with Crippen molar-refractivity contribution in [2.75, 3.05) is 14.2 Å². The Balaban J connectivity index is 1.56. The molecule has 0 aliphatic rings. The molecule has 3 aromatic rings. The molecule has 7 nitrogen and oxygen atoms in total. The standard InChI is InChI=1S/C21H22N4O3/c1-25-14-17(13-24-25)18-7-4-16(11-22-18)12-23-21(26)9-6-15-5-8-19(27-2)20(10-15)28-3/h4-11,13-14H,12H2,1-3H3,(H,23,26)/b9-6+. The van der Waals surface area contributed by atoms with E-state index in [0.29, 0.717) is 18.0 Å². The summed E-state index contributed by atoms with van der Waals surface area (Å²) in [5.74, 6) is 1.07. The van der Waals surface area contributed by atoms with Crippen LogP contribution in [0.25, 0.3) is 17.3 Å². The third-order valence-electron chi connectivity index (χ3n) is 4.13. The number of aromatic nitrogens is 3. The van der Waals surface area contributed by atoms with Crippen LogP contribution in [0.3, 0.4) is 0 Å². The molecule has 0 saturated carbocycles. The van der Waals surface area contributed by atoms with E-state index in [2.05, 4.69) is 15.4 Å². The summed E-state index contributed by atoms with van der Waals surface area (Å²) in [6.07, 6.45) is 8.63. The van der Waals surface area contributed by atoms with Crippen molar-refractivity contribution in [1.29, 1.82) is 0 Å². The number of nitrogens with zero attached hydrogens (tertiary/aromatic N) is 3.